The van der Waals surface area contributed by atoms with E-state index in [4.69, 9.17) is 27.9 Å². The van der Waals surface area contributed by atoms with E-state index in [9.17, 15) is 9.59 Å². The number of carbonyl (C=O) groups excluding carboxylic acids is 2. The maximum atomic E-state index is 12.3. The lowest BCUT2D eigenvalue weighted by molar-refractivity contribution is -0.122. The van der Waals surface area contributed by atoms with Crippen molar-refractivity contribution in [3.8, 4) is 5.75 Å². The molecule has 0 saturated heterocycles. The van der Waals surface area contributed by atoms with Crippen LogP contribution in [0.1, 0.15) is 27.3 Å². The Morgan fingerprint density at radius 3 is 2.42 bits per heavy atom. The number of ether oxygens (including phenoxy) is 1. The van der Waals surface area contributed by atoms with Gasteiger partial charge in [0.1, 0.15) is 5.75 Å². The number of rotatable bonds is 8. The van der Waals surface area contributed by atoms with Crippen LogP contribution in [0.4, 0.5) is 5.69 Å². The minimum absolute atomic E-state index is 0.0462. The van der Waals surface area contributed by atoms with Crippen LogP contribution in [0, 0.1) is 0 Å². The lowest BCUT2D eigenvalue weighted by Gasteiger charge is -2.06. The summed E-state index contributed by atoms with van der Waals surface area (Å²) in [6.07, 6.45) is 1.70. The van der Waals surface area contributed by atoms with Crippen LogP contribution in [0.25, 0.3) is 11.1 Å². The fraction of sp³-hybridized carbons (Fsp3) is 0.143. The van der Waals surface area contributed by atoms with E-state index >= 15 is 0 Å². The molecule has 160 valence electrons. The number of nitrogens with zero attached hydrogens (tertiary/aromatic N) is 2. The van der Waals surface area contributed by atoms with Crippen molar-refractivity contribution < 1.29 is 14.3 Å². The number of hydrogen-bond acceptors (Lipinski definition) is 6. The van der Waals surface area contributed by atoms with Gasteiger partial charge in [-0.15, -0.1) is 10.2 Å². The Morgan fingerprint density at radius 1 is 1.06 bits per heavy atom. The second-order valence-corrected chi connectivity index (χ2v) is 8.00. The van der Waals surface area contributed by atoms with Crippen molar-refractivity contribution in [3.63, 3.8) is 0 Å². The zero-order valence-electron chi connectivity index (χ0n) is 16.4. The second kappa shape index (κ2) is 10.9. The first-order valence-corrected chi connectivity index (χ1v) is 10.8. The average molecular weight is 477 g/mol. The number of anilines is 1. The summed E-state index contributed by atoms with van der Waals surface area (Å²) >= 11 is 13.3. The summed E-state index contributed by atoms with van der Waals surface area (Å²) in [5.41, 5.74) is 1.40. The molecule has 0 bridgehead atoms. The minimum Gasteiger partial charge on any atom is -0.484 e. The van der Waals surface area contributed by atoms with Crippen molar-refractivity contribution in [1.29, 1.82) is 0 Å². The first-order chi connectivity index (χ1) is 14.9. The highest BCUT2D eigenvalue weighted by molar-refractivity contribution is 7.15. The van der Waals surface area contributed by atoms with Crippen molar-refractivity contribution >= 4 is 63.1 Å². The van der Waals surface area contributed by atoms with E-state index in [1.54, 1.807) is 54.6 Å². The molecule has 31 heavy (non-hydrogen) atoms. The van der Waals surface area contributed by atoms with Crippen LogP contribution in [0.5, 0.6) is 5.75 Å². The smallest absolute Gasteiger partial charge is 0.286 e. The van der Waals surface area contributed by atoms with Gasteiger partial charge in [0.2, 0.25) is 5.01 Å². The quantitative estimate of drug-likeness (QED) is 0.491. The van der Waals surface area contributed by atoms with Crippen molar-refractivity contribution in [2.45, 2.75) is 6.92 Å². The van der Waals surface area contributed by atoms with E-state index in [1.807, 2.05) is 6.92 Å². The molecule has 0 saturated carbocycles. The van der Waals surface area contributed by atoms with Crippen molar-refractivity contribution in [2.75, 3.05) is 18.5 Å². The molecule has 2 aromatic carbocycles. The van der Waals surface area contributed by atoms with Gasteiger partial charge in [-0.1, -0.05) is 46.7 Å². The molecule has 1 heterocycles. The zero-order chi connectivity index (χ0) is 22.2. The summed E-state index contributed by atoms with van der Waals surface area (Å²) in [4.78, 5) is 23.8. The highest BCUT2D eigenvalue weighted by atomic mass is 35.5. The molecule has 1 aromatic heterocycles. The van der Waals surface area contributed by atoms with E-state index in [2.05, 4.69) is 20.8 Å². The Kier molecular flexibility index (Phi) is 8.00. The van der Waals surface area contributed by atoms with Gasteiger partial charge in [-0.3, -0.25) is 9.59 Å². The van der Waals surface area contributed by atoms with Gasteiger partial charge in [-0.05, 0) is 55.0 Å². The number of aromatic nitrogens is 2. The van der Waals surface area contributed by atoms with Gasteiger partial charge >= 0.3 is 0 Å². The fourth-order valence-corrected chi connectivity index (χ4v) is 3.45. The second-order valence-electron chi connectivity index (χ2n) is 6.18. The Labute approximate surface area is 193 Å². The van der Waals surface area contributed by atoms with E-state index in [0.717, 1.165) is 16.9 Å². The molecule has 2 N–H and O–H groups in total. The van der Waals surface area contributed by atoms with Crippen molar-refractivity contribution in [3.05, 3.63) is 69.1 Å². The third-order valence-electron chi connectivity index (χ3n) is 3.84. The standard InChI is InChI=1S/C21H18Cl2N4O3S/c1-2-24-18(28)12-30-16-9-3-13(4-10-16)11-17(23)20-26-27-21(31-20)19(29)25-15-7-5-14(22)6-8-15/h3-11H,2,12H2,1H3,(H,24,28)(H,25,29)/b17-11+. The molecular weight excluding hydrogens is 459 g/mol. The minimum atomic E-state index is -0.385. The molecule has 0 atom stereocenters. The lowest BCUT2D eigenvalue weighted by atomic mass is 10.2. The van der Waals surface area contributed by atoms with Crippen LogP contribution in [0.3, 0.4) is 0 Å². The van der Waals surface area contributed by atoms with E-state index < -0.39 is 0 Å². The van der Waals surface area contributed by atoms with Crippen molar-refractivity contribution in [2.24, 2.45) is 0 Å². The van der Waals surface area contributed by atoms with Crippen LogP contribution in [-0.2, 0) is 4.79 Å². The van der Waals surface area contributed by atoms with Gasteiger partial charge in [-0.25, -0.2) is 0 Å². The zero-order valence-corrected chi connectivity index (χ0v) is 18.7. The largest absolute Gasteiger partial charge is 0.484 e. The van der Waals surface area contributed by atoms with E-state index in [-0.39, 0.29) is 23.4 Å². The van der Waals surface area contributed by atoms with Crippen LogP contribution in [0.2, 0.25) is 5.02 Å². The lowest BCUT2D eigenvalue weighted by Crippen LogP contribution is -2.28. The number of likely N-dealkylation sites (N-methyl/N-ethyl adjacent to an activating group) is 1. The molecule has 0 radical (unpaired) electrons. The van der Waals surface area contributed by atoms with Gasteiger partial charge < -0.3 is 15.4 Å². The molecule has 3 rings (SSSR count). The van der Waals surface area contributed by atoms with Crippen molar-refractivity contribution in [1.82, 2.24) is 15.5 Å². The number of benzene rings is 2. The normalized spacial score (nSPS) is 11.1. The van der Waals surface area contributed by atoms with Crippen LogP contribution in [0.15, 0.2) is 48.5 Å². The van der Waals surface area contributed by atoms with Gasteiger partial charge in [0.15, 0.2) is 11.6 Å². The van der Waals surface area contributed by atoms with Gasteiger partial charge in [0.05, 0.1) is 5.03 Å². The number of halogens is 2. The van der Waals surface area contributed by atoms with E-state index in [0.29, 0.717) is 33.0 Å². The van der Waals surface area contributed by atoms with Crippen LogP contribution < -0.4 is 15.4 Å². The average Bonchev–Trinajstić information content (AvgIpc) is 3.26. The molecule has 0 aliphatic rings. The molecule has 0 spiro atoms. The third kappa shape index (κ3) is 6.78. The summed E-state index contributed by atoms with van der Waals surface area (Å²) in [6, 6.07) is 13.8. The van der Waals surface area contributed by atoms with Gasteiger partial charge in [0, 0.05) is 17.3 Å². The summed E-state index contributed by atoms with van der Waals surface area (Å²) in [6.45, 7) is 2.35. The van der Waals surface area contributed by atoms with Crippen LogP contribution >= 0.6 is 34.5 Å². The topological polar surface area (TPSA) is 93.2 Å². The Morgan fingerprint density at radius 2 is 1.74 bits per heavy atom. The molecular formula is C21H18Cl2N4O3S. The maximum absolute atomic E-state index is 12.3. The first kappa shape index (κ1) is 22.7. The Hall–Kier alpha value is -2.94. The summed E-state index contributed by atoms with van der Waals surface area (Å²) in [5.74, 6) is 0.00226. The molecule has 10 heteroatoms. The third-order valence-corrected chi connectivity index (χ3v) is 5.45. The number of carbonyl (C=O) groups is 2. The monoisotopic (exact) mass is 476 g/mol. The molecule has 0 fully saturated rings. The highest BCUT2D eigenvalue weighted by Crippen LogP contribution is 2.26. The fourth-order valence-electron chi connectivity index (χ4n) is 2.39. The summed E-state index contributed by atoms with van der Waals surface area (Å²) in [5, 5.41) is 14.8. The van der Waals surface area contributed by atoms with E-state index in [1.165, 1.54) is 0 Å². The predicted molar refractivity (Wildman–Crippen MR) is 124 cm³/mol. The number of nitrogens with one attached hydrogen (secondary N) is 2. The number of hydrogen-bond donors (Lipinski definition) is 2. The molecule has 7 nitrogen and oxygen atoms in total. The molecule has 2 amide bonds. The predicted octanol–water partition coefficient (Wildman–Crippen LogP) is 4.70. The Bertz CT molecular complexity index is 1080. The SMILES string of the molecule is CCNC(=O)COc1ccc(/C=C(/Cl)c2nnc(C(=O)Nc3ccc(Cl)cc3)s2)cc1. The van der Waals surface area contributed by atoms with Gasteiger partial charge in [-0.2, -0.15) is 0 Å². The highest BCUT2D eigenvalue weighted by Gasteiger charge is 2.15. The molecule has 3 aromatic rings. The summed E-state index contributed by atoms with van der Waals surface area (Å²) in [7, 11) is 0. The Balaban J connectivity index is 1.61. The number of amides is 2. The molecule has 0 unspecified atom stereocenters. The maximum Gasteiger partial charge on any atom is 0.286 e. The van der Waals surface area contributed by atoms with Gasteiger partial charge in [0.25, 0.3) is 11.8 Å². The summed E-state index contributed by atoms with van der Waals surface area (Å²) < 4.78 is 5.41. The first-order valence-electron chi connectivity index (χ1n) is 9.22. The molecule has 0 aliphatic heterocycles. The molecule has 0 aliphatic carbocycles. The van der Waals surface area contributed by atoms with Crippen LogP contribution in [-0.4, -0.2) is 35.2 Å².